The molecule has 1 amide bonds. The molecule has 2 heterocycles. The lowest BCUT2D eigenvalue weighted by molar-refractivity contribution is -0.120. The Morgan fingerprint density at radius 1 is 1.50 bits per heavy atom. The largest absolute Gasteiger partial charge is 0.381 e. The summed E-state index contributed by atoms with van der Waals surface area (Å²) in [4.78, 5) is 13.5. The van der Waals surface area contributed by atoms with Gasteiger partial charge in [-0.15, -0.1) is 0 Å². The third-order valence-electron chi connectivity index (χ3n) is 3.45. The number of piperidine rings is 1. The molecule has 92 valence electrons. The van der Waals surface area contributed by atoms with Crippen LogP contribution in [0.2, 0.25) is 0 Å². The Labute approximate surface area is 97.3 Å². The second-order valence-corrected chi connectivity index (χ2v) is 5.03. The van der Waals surface area contributed by atoms with Crippen LogP contribution in [-0.4, -0.2) is 49.7 Å². The van der Waals surface area contributed by atoms with Crippen LogP contribution in [0.1, 0.15) is 26.2 Å². The Kier molecular flexibility index (Phi) is 4.18. The number of amides is 1. The van der Waals surface area contributed by atoms with Gasteiger partial charge in [0.15, 0.2) is 0 Å². The van der Waals surface area contributed by atoms with E-state index in [2.05, 4.69) is 10.2 Å². The average molecular weight is 226 g/mol. The summed E-state index contributed by atoms with van der Waals surface area (Å²) < 4.78 is 5.39. The number of carbonyl (C=O) groups excluding carboxylic acids is 1. The van der Waals surface area contributed by atoms with Gasteiger partial charge >= 0.3 is 0 Å². The number of carbonyl (C=O) groups is 1. The molecule has 0 aromatic heterocycles. The summed E-state index contributed by atoms with van der Waals surface area (Å²) in [6, 6.07) is 0.355. The Hall–Kier alpha value is -0.610. The molecule has 1 N–H and O–H groups in total. The van der Waals surface area contributed by atoms with E-state index in [9.17, 15) is 4.79 Å². The molecule has 0 aliphatic carbocycles. The van der Waals surface area contributed by atoms with Crippen molar-refractivity contribution in [2.45, 2.75) is 32.2 Å². The molecule has 2 fully saturated rings. The molecule has 0 saturated carbocycles. The summed E-state index contributed by atoms with van der Waals surface area (Å²) in [6.07, 6.45) is 3.51. The van der Waals surface area contributed by atoms with Gasteiger partial charge in [0.25, 0.3) is 0 Å². The van der Waals surface area contributed by atoms with Crippen molar-refractivity contribution in [2.24, 2.45) is 5.92 Å². The molecule has 0 bridgehead atoms. The van der Waals surface area contributed by atoms with Crippen molar-refractivity contribution in [2.75, 3.05) is 32.8 Å². The van der Waals surface area contributed by atoms with Crippen molar-refractivity contribution in [1.29, 1.82) is 0 Å². The molecule has 0 aromatic carbocycles. The van der Waals surface area contributed by atoms with Crippen molar-refractivity contribution in [3.63, 3.8) is 0 Å². The summed E-state index contributed by atoms with van der Waals surface area (Å²) in [5.41, 5.74) is 0. The predicted octanol–water partition coefficient (Wildman–Crippen LogP) is 0.623. The van der Waals surface area contributed by atoms with E-state index in [0.717, 1.165) is 32.7 Å². The molecule has 2 saturated heterocycles. The lowest BCUT2D eigenvalue weighted by Crippen LogP contribution is -2.48. The van der Waals surface area contributed by atoms with Crippen molar-refractivity contribution < 1.29 is 9.53 Å². The van der Waals surface area contributed by atoms with Gasteiger partial charge in [-0.3, -0.25) is 4.79 Å². The first-order valence-electron chi connectivity index (χ1n) is 6.31. The number of nitrogens with one attached hydrogen (secondary N) is 1. The number of likely N-dealkylation sites (tertiary alicyclic amines) is 1. The number of ether oxygens (including phenoxy) is 1. The van der Waals surface area contributed by atoms with E-state index < -0.39 is 0 Å². The zero-order valence-electron chi connectivity index (χ0n) is 10.1. The molecule has 2 aliphatic heterocycles. The zero-order chi connectivity index (χ0) is 11.4. The monoisotopic (exact) mass is 226 g/mol. The quantitative estimate of drug-likeness (QED) is 0.767. The predicted molar refractivity (Wildman–Crippen MR) is 62.2 cm³/mol. The second-order valence-electron chi connectivity index (χ2n) is 5.03. The normalized spacial score (nSPS) is 31.6. The Morgan fingerprint density at radius 2 is 2.38 bits per heavy atom. The number of rotatable bonds is 3. The van der Waals surface area contributed by atoms with Crippen molar-refractivity contribution in [3.05, 3.63) is 0 Å². The van der Waals surface area contributed by atoms with Crippen LogP contribution < -0.4 is 5.32 Å². The Morgan fingerprint density at radius 3 is 3.06 bits per heavy atom. The fraction of sp³-hybridized carbons (Fsp3) is 0.917. The van der Waals surface area contributed by atoms with E-state index in [0.29, 0.717) is 12.0 Å². The van der Waals surface area contributed by atoms with Gasteiger partial charge in [-0.1, -0.05) is 0 Å². The minimum atomic E-state index is 0.0936. The molecular formula is C12H22N2O2. The summed E-state index contributed by atoms with van der Waals surface area (Å²) in [6.45, 7) is 6.76. The molecule has 0 radical (unpaired) electrons. The van der Waals surface area contributed by atoms with E-state index in [1.165, 1.54) is 19.4 Å². The SMILES string of the molecule is CC(=O)NC1CCCN(CC2CCOC2)C1. The first kappa shape index (κ1) is 11.9. The molecule has 0 aromatic rings. The van der Waals surface area contributed by atoms with Gasteiger partial charge in [0.1, 0.15) is 0 Å². The number of hydrogen-bond acceptors (Lipinski definition) is 3. The third-order valence-corrected chi connectivity index (χ3v) is 3.45. The van der Waals surface area contributed by atoms with E-state index >= 15 is 0 Å². The summed E-state index contributed by atoms with van der Waals surface area (Å²) in [7, 11) is 0. The summed E-state index contributed by atoms with van der Waals surface area (Å²) in [5, 5.41) is 3.02. The first-order chi connectivity index (χ1) is 7.74. The van der Waals surface area contributed by atoms with Crippen LogP contribution in [0.15, 0.2) is 0 Å². The summed E-state index contributed by atoms with van der Waals surface area (Å²) in [5.74, 6) is 0.798. The topological polar surface area (TPSA) is 41.6 Å². The fourth-order valence-corrected chi connectivity index (χ4v) is 2.72. The molecule has 2 unspecified atom stereocenters. The van der Waals surface area contributed by atoms with Crippen LogP contribution in [-0.2, 0) is 9.53 Å². The highest BCUT2D eigenvalue weighted by atomic mass is 16.5. The number of hydrogen-bond donors (Lipinski definition) is 1. The molecule has 16 heavy (non-hydrogen) atoms. The fourth-order valence-electron chi connectivity index (χ4n) is 2.72. The third kappa shape index (κ3) is 3.46. The highest BCUT2D eigenvalue weighted by Gasteiger charge is 2.24. The first-order valence-corrected chi connectivity index (χ1v) is 6.31. The van der Waals surface area contributed by atoms with E-state index in [1.54, 1.807) is 6.92 Å². The van der Waals surface area contributed by atoms with Crippen LogP contribution >= 0.6 is 0 Å². The number of nitrogens with zero attached hydrogens (tertiary/aromatic N) is 1. The minimum absolute atomic E-state index is 0.0936. The van der Waals surface area contributed by atoms with Crippen LogP contribution in [0, 0.1) is 5.92 Å². The lowest BCUT2D eigenvalue weighted by atomic mass is 10.0. The van der Waals surface area contributed by atoms with Gasteiger partial charge in [-0.05, 0) is 31.7 Å². The second kappa shape index (κ2) is 5.64. The van der Waals surface area contributed by atoms with Gasteiger partial charge in [-0.2, -0.15) is 0 Å². The smallest absolute Gasteiger partial charge is 0.217 e. The van der Waals surface area contributed by atoms with Crippen molar-refractivity contribution >= 4 is 5.91 Å². The molecular weight excluding hydrogens is 204 g/mol. The molecule has 2 rings (SSSR count). The van der Waals surface area contributed by atoms with Gasteiger partial charge in [0, 0.05) is 32.7 Å². The maximum atomic E-state index is 11.0. The maximum Gasteiger partial charge on any atom is 0.217 e. The summed E-state index contributed by atoms with van der Waals surface area (Å²) >= 11 is 0. The average Bonchev–Trinajstić information content (AvgIpc) is 2.70. The van der Waals surface area contributed by atoms with E-state index in [-0.39, 0.29) is 5.91 Å². The molecule has 2 aliphatic rings. The lowest BCUT2D eigenvalue weighted by Gasteiger charge is -2.34. The molecule has 4 nitrogen and oxygen atoms in total. The zero-order valence-corrected chi connectivity index (χ0v) is 10.1. The van der Waals surface area contributed by atoms with Gasteiger partial charge < -0.3 is 15.0 Å². The Bertz CT molecular complexity index is 239. The molecule has 0 spiro atoms. The highest BCUT2D eigenvalue weighted by molar-refractivity contribution is 5.73. The van der Waals surface area contributed by atoms with Crippen LogP contribution in [0.25, 0.3) is 0 Å². The van der Waals surface area contributed by atoms with Gasteiger partial charge in [0.05, 0.1) is 6.61 Å². The van der Waals surface area contributed by atoms with Crippen molar-refractivity contribution in [3.8, 4) is 0 Å². The van der Waals surface area contributed by atoms with Crippen LogP contribution in [0.3, 0.4) is 0 Å². The standard InChI is InChI=1S/C12H22N2O2/c1-10(15)13-12-3-2-5-14(8-12)7-11-4-6-16-9-11/h11-12H,2-9H2,1H3,(H,13,15). The molecule has 4 heteroatoms. The highest BCUT2D eigenvalue weighted by Crippen LogP contribution is 2.17. The van der Waals surface area contributed by atoms with Crippen molar-refractivity contribution in [1.82, 2.24) is 10.2 Å². The van der Waals surface area contributed by atoms with Gasteiger partial charge in [0.2, 0.25) is 5.91 Å². The minimum Gasteiger partial charge on any atom is -0.381 e. The van der Waals surface area contributed by atoms with Crippen LogP contribution in [0.4, 0.5) is 0 Å². The van der Waals surface area contributed by atoms with Crippen LogP contribution in [0.5, 0.6) is 0 Å². The van der Waals surface area contributed by atoms with Gasteiger partial charge in [-0.25, -0.2) is 0 Å². The van der Waals surface area contributed by atoms with E-state index in [1.807, 2.05) is 0 Å². The maximum absolute atomic E-state index is 11.0. The Balaban J connectivity index is 1.74. The van der Waals surface area contributed by atoms with E-state index in [4.69, 9.17) is 4.74 Å². The molecule has 2 atom stereocenters.